The predicted octanol–water partition coefficient (Wildman–Crippen LogP) is 3.60. The molecule has 2 aromatic carbocycles. The van der Waals surface area contributed by atoms with Gasteiger partial charge in [-0.2, -0.15) is 0 Å². The summed E-state index contributed by atoms with van der Waals surface area (Å²) in [5.74, 6) is 1.24. The summed E-state index contributed by atoms with van der Waals surface area (Å²) in [6, 6.07) is 14.0. The molecule has 0 spiro atoms. The number of ether oxygens (including phenoxy) is 1. The molecule has 112 valence electrons. The van der Waals surface area contributed by atoms with Gasteiger partial charge in [0.15, 0.2) is 0 Å². The summed E-state index contributed by atoms with van der Waals surface area (Å²) < 4.78 is 5.23. The Morgan fingerprint density at radius 3 is 2.71 bits per heavy atom. The van der Waals surface area contributed by atoms with E-state index in [4.69, 9.17) is 4.74 Å². The van der Waals surface area contributed by atoms with Crippen LogP contribution in [0.3, 0.4) is 0 Å². The van der Waals surface area contributed by atoms with Crippen molar-refractivity contribution in [3.05, 3.63) is 59.2 Å². The number of aryl methyl sites for hydroxylation is 1. The Morgan fingerprint density at radius 1 is 1.19 bits per heavy atom. The normalized spacial score (nSPS) is 12.1. The first-order valence-corrected chi connectivity index (χ1v) is 7.26. The maximum absolute atomic E-state index is 9.99. The van der Waals surface area contributed by atoms with Crippen LogP contribution in [-0.4, -0.2) is 18.8 Å². The van der Waals surface area contributed by atoms with Crippen molar-refractivity contribution in [1.82, 2.24) is 5.32 Å². The lowest BCUT2D eigenvalue weighted by Crippen LogP contribution is -2.21. The van der Waals surface area contributed by atoms with E-state index >= 15 is 0 Å². The molecule has 21 heavy (non-hydrogen) atoms. The average molecular weight is 285 g/mol. The molecule has 2 N–H and O–H groups in total. The first kappa shape index (κ1) is 15.4. The van der Waals surface area contributed by atoms with E-state index in [1.165, 1.54) is 5.56 Å². The number of benzene rings is 2. The van der Waals surface area contributed by atoms with E-state index in [1.807, 2.05) is 31.2 Å². The van der Waals surface area contributed by atoms with E-state index in [1.54, 1.807) is 13.2 Å². The zero-order valence-electron chi connectivity index (χ0n) is 12.9. The third-order valence-corrected chi connectivity index (χ3v) is 3.65. The SMILES string of the molecule is COc1cccc(CCNC(C)c2ccc(C)cc2O)c1. The molecule has 2 rings (SSSR count). The minimum Gasteiger partial charge on any atom is -0.508 e. The first-order valence-electron chi connectivity index (χ1n) is 7.26. The zero-order chi connectivity index (χ0) is 15.2. The second-order valence-corrected chi connectivity index (χ2v) is 5.34. The van der Waals surface area contributed by atoms with Crippen molar-refractivity contribution in [3.63, 3.8) is 0 Å². The third-order valence-electron chi connectivity index (χ3n) is 3.65. The molecule has 2 aromatic rings. The van der Waals surface area contributed by atoms with E-state index in [-0.39, 0.29) is 6.04 Å². The summed E-state index contributed by atoms with van der Waals surface area (Å²) >= 11 is 0. The van der Waals surface area contributed by atoms with Crippen LogP contribution in [0.25, 0.3) is 0 Å². The fraction of sp³-hybridized carbons (Fsp3) is 0.333. The standard InChI is InChI=1S/C18H23NO2/c1-13-7-8-17(18(20)11-13)14(2)19-10-9-15-5-4-6-16(12-15)21-3/h4-8,11-12,14,19-20H,9-10H2,1-3H3. The van der Waals surface area contributed by atoms with Crippen molar-refractivity contribution in [2.24, 2.45) is 0 Å². The number of aromatic hydroxyl groups is 1. The molecule has 0 saturated carbocycles. The molecule has 0 amide bonds. The van der Waals surface area contributed by atoms with Gasteiger partial charge in [0.05, 0.1) is 7.11 Å². The number of hydrogen-bond acceptors (Lipinski definition) is 3. The van der Waals surface area contributed by atoms with E-state index in [0.29, 0.717) is 5.75 Å². The third kappa shape index (κ3) is 4.23. The molecule has 0 aliphatic carbocycles. The molecule has 1 atom stereocenters. The van der Waals surface area contributed by atoms with E-state index in [0.717, 1.165) is 29.8 Å². The molecule has 3 heteroatoms. The van der Waals surface area contributed by atoms with Gasteiger partial charge in [0.2, 0.25) is 0 Å². The Bertz CT molecular complexity index is 596. The van der Waals surface area contributed by atoms with Crippen molar-refractivity contribution in [2.45, 2.75) is 26.3 Å². The van der Waals surface area contributed by atoms with Crippen molar-refractivity contribution < 1.29 is 9.84 Å². The Balaban J connectivity index is 1.90. The number of phenols is 1. The lowest BCUT2D eigenvalue weighted by molar-refractivity contribution is 0.414. The highest BCUT2D eigenvalue weighted by Gasteiger charge is 2.09. The van der Waals surface area contributed by atoms with Crippen LogP contribution in [0.2, 0.25) is 0 Å². The monoisotopic (exact) mass is 285 g/mol. The summed E-state index contributed by atoms with van der Waals surface area (Å²) in [7, 11) is 1.68. The molecule has 0 bridgehead atoms. The molecular formula is C18H23NO2. The van der Waals surface area contributed by atoms with Gasteiger partial charge in [-0.1, -0.05) is 24.3 Å². The maximum atomic E-state index is 9.99. The van der Waals surface area contributed by atoms with Crippen molar-refractivity contribution in [3.8, 4) is 11.5 Å². The molecule has 0 saturated heterocycles. The fourth-order valence-electron chi connectivity index (χ4n) is 2.39. The van der Waals surface area contributed by atoms with Crippen molar-refractivity contribution >= 4 is 0 Å². The van der Waals surface area contributed by atoms with Gasteiger partial charge in [-0.15, -0.1) is 0 Å². The maximum Gasteiger partial charge on any atom is 0.120 e. The lowest BCUT2D eigenvalue weighted by atomic mass is 10.0. The van der Waals surface area contributed by atoms with Crippen LogP contribution in [0.15, 0.2) is 42.5 Å². The molecule has 0 fully saturated rings. The van der Waals surface area contributed by atoms with Gasteiger partial charge >= 0.3 is 0 Å². The fourth-order valence-corrected chi connectivity index (χ4v) is 2.39. The molecule has 0 aliphatic heterocycles. The van der Waals surface area contributed by atoms with Gasteiger partial charge in [-0.25, -0.2) is 0 Å². The van der Waals surface area contributed by atoms with Gasteiger partial charge in [-0.3, -0.25) is 0 Å². The minimum atomic E-state index is 0.121. The molecule has 0 heterocycles. The summed E-state index contributed by atoms with van der Waals surface area (Å²) in [4.78, 5) is 0. The second kappa shape index (κ2) is 7.14. The van der Waals surface area contributed by atoms with Crippen LogP contribution < -0.4 is 10.1 Å². The largest absolute Gasteiger partial charge is 0.508 e. The van der Waals surface area contributed by atoms with Crippen LogP contribution in [-0.2, 0) is 6.42 Å². The van der Waals surface area contributed by atoms with Crippen molar-refractivity contribution in [2.75, 3.05) is 13.7 Å². The van der Waals surface area contributed by atoms with E-state index in [2.05, 4.69) is 24.4 Å². The Hall–Kier alpha value is -2.00. The highest BCUT2D eigenvalue weighted by molar-refractivity contribution is 5.37. The quantitative estimate of drug-likeness (QED) is 0.852. The highest BCUT2D eigenvalue weighted by atomic mass is 16.5. The van der Waals surface area contributed by atoms with Gasteiger partial charge in [-0.05, 0) is 56.1 Å². The Labute approximate surface area is 126 Å². The molecule has 1 unspecified atom stereocenters. The Kier molecular flexibility index (Phi) is 5.23. The van der Waals surface area contributed by atoms with Crippen LogP contribution in [0, 0.1) is 6.92 Å². The number of phenolic OH excluding ortho intramolecular Hbond substituents is 1. The Morgan fingerprint density at radius 2 is 2.00 bits per heavy atom. The predicted molar refractivity (Wildman–Crippen MR) is 86.0 cm³/mol. The second-order valence-electron chi connectivity index (χ2n) is 5.34. The molecular weight excluding hydrogens is 262 g/mol. The summed E-state index contributed by atoms with van der Waals surface area (Å²) in [5, 5.41) is 13.4. The topological polar surface area (TPSA) is 41.5 Å². The van der Waals surface area contributed by atoms with Crippen LogP contribution in [0.4, 0.5) is 0 Å². The summed E-state index contributed by atoms with van der Waals surface area (Å²) in [6.45, 7) is 4.89. The number of rotatable bonds is 6. The van der Waals surface area contributed by atoms with Crippen LogP contribution in [0.1, 0.15) is 29.7 Å². The van der Waals surface area contributed by atoms with Gasteiger partial charge < -0.3 is 15.2 Å². The molecule has 0 aliphatic rings. The van der Waals surface area contributed by atoms with E-state index in [9.17, 15) is 5.11 Å². The zero-order valence-corrected chi connectivity index (χ0v) is 12.9. The van der Waals surface area contributed by atoms with E-state index < -0.39 is 0 Å². The number of nitrogens with one attached hydrogen (secondary N) is 1. The van der Waals surface area contributed by atoms with Gasteiger partial charge in [0.25, 0.3) is 0 Å². The number of hydrogen-bond donors (Lipinski definition) is 2. The van der Waals surface area contributed by atoms with Crippen LogP contribution in [0.5, 0.6) is 11.5 Å². The van der Waals surface area contributed by atoms with Gasteiger partial charge in [0.1, 0.15) is 11.5 Å². The smallest absolute Gasteiger partial charge is 0.120 e. The molecule has 0 aromatic heterocycles. The molecule has 0 radical (unpaired) electrons. The van der Waals surface area contributed by atoms with Crippen LogP contribution >= 0.6 is 0 Å². The molecule has 3 nitrogen and oxygen atoms in total. The summed E-state index contributed by atoms with van der Waals surface area (Å²) in [6.07, 6.45) is 0.925. The lowest BCUT2D eigenvalue weighted by Gasteiger charge is -2.16. The van der Waals surface area contributed by atoms with Crippen molar-refractivity contribution in [1.29, 1.82) is 0 Å². The minimum absolute atomic E-state index is 0.121. The highest BCUT2D eigenvalue weighted by Crippen LogP contribution is 2.24. The number of methoxy groups -OCH3 is 1. The van der Waals surface area contributed by atoms with Gasteiger partial charge in [0, 0.05) is 11.6 Å². The summed E-state index contributed by atoms with van der Waals surface area (Å²) in [5.41, 5.74) is 3.24. The first-order chi connectivity index (χ1) is 10.1. The average Bonchev–Trinajstić information content (AvgIpc) is 2.47.